The van der Waals surface area contributed by atoms with Gasteiger partial charge in [0.25, 0.3) is 0 Å². The van der Waals surface area contributed by atoms with Crippen molar-refractivity contribution in [3.8, 4) is 0 Å². The van der Waals surface area contributed by atoms with Crippen LogP contribution in [0, 0.1) is 6.92 Å². The number of hydrogen-bond acceptors (Lipinski definition) is 1. The number of hydrogen-bond donors (Lipinski definition) is 0. The van der Waals surface area contributed by atoms with Crippen molar-refractivity contribution in [1.29, 1.82) is 0 Å². The van der Waals surface area contributed by atoms with Gasteiger partial charge in [0.05, 0.1) is 0 Å². The van der Waals surface area contributed by atoms with E-state index in [2.05, 4.69) is 26.0 Å². The van der Waals surface area contributed by atoms with Gasteiger partial charge in [0.1, 0.15) is 0 Å². The van der Waals surface area contributed by atoms with Crippen molar-refractivity contribution in [2.24, 2.45) is 0 Å². The van der Waals surface area contributed by atoms with Crippen molar-refractivity contribution in [2.45, 2.75) is 96.8 Å². The molecule has 0 aromatic heterocycles. The Labute approximate surface area is 155 Å². The molecule has 0 rings (SSSR count). The summed E-state index contributed by atoms with van der Waals surface area (Å²) in [4.78, 5) is 10.7. The van der Waals surface area contributed by atoms with Gasteiger partial charge in [-0.25, -0.2) is 0 Å². The molecular weight excluding hydrogens is 267 g/mol. The summed E-state index contributed by atoms with van der Waals surface area (Å²) in [6.07, 6.45) is 22.3. The maximum Gasteiger partial charge on any atom is 1.00 e. The third-order valence-corrected chi connectivity index (χ3v) is 3.72. The smallest absolute Gasteiger partial charge is 0.339 e. The maximum absolute atomic E-state index is 10.7. The number of carbonyl (C=O) groups excluding carboxylic acids is 1. The molecule has 1 nitrogen and oxygen atoms in total. The standard InChI is InChI=1S/C19H35O.Na/c1-3-4-5-6-7-8-9-10-11-12-13-14-15-16-17-18-19(2)20;/h10-11H,2-9,12-18H2,1H3;/q-1;+1/b11-10-;. The van der Waals surface area contributed by atoms with Crippen LogP contribution < -0.4 is 29.6 Å². The molecule has 0 aromatic rings. The van der Waals surface area contributed by atoms with Gasteiger partial charge in [-0.15, -0.1) is 0 Å². The molecule has 0 saturated heterocycles. The van der Waals surface area contributed by atoms with Crippen molar-refractivity contribution in [2.75, 3.05) is 0 Å². The van der Waals surface area contributed by atoms with Crippen molar-refractivity contribution < 1.29 is 34.4 Å². The second kappa shape index (κ2) is 20.3. The summed E-state index contributed by atoms with van der Waals surface area (Å²) >= 11 is 0. The molecule has 0 spiro atoms. The van der Waals surface area contributed by atoms with Gasteiger partial charge in [-0.1, -0.05) is 70.4 Å². The van der Waals surface area contributed by atoms with Crippen LogP contribution in [0.25, 0.3) is 0 Å². The molecule has 0 radical (unpaired) electrons. The van der Waals surface area contributed by atoms with E-state index in [1.54, 1.807) is 0 Å². The minimum Gasteiger partial charge on any atom is -0.339 e. The van der Waals surface area contributed by atoms with Crippen LogP contribution in [-0.2, 0) is 4.79 Å². The fourth-order valence-corrected chi connectivity index (χ4v) is 2.39. The fraction of sp³-hybridized carbons (Fsp3) is 0.789. The maximum atomic E-state index is 10.7. The minimum absolute atomic E-state index is 0. The summed E-state index contributed by atoms with van der Waals surface area (Å²) in [6.45, 7) is 5.66. The Morgan fingerprint density at radius 3 is 1.67 bits per heavy atom. The Morgan fingerprint density at radius 1 is 0.762 bits per heavy atom. The van der Waals surface area contributed by atoms with Gasteiger partial charge in [-0.2, -0.15) is 0 Å². The number of carbonyl (C=O) groups is 1. The van der Waals surface area contributed by atoms with Crippen LogP contribution in [0.1, 0.15) is 96.8 Å². The monoisotopic (exact) mass is 302 g/mol. The van der Waals surface area contributed by atoms with Crippen molar-refractivity contribution in [3.05, 3.63) is 19.1 Å². The van der Waals surface area contributed by atoms with Gasteiger partial charge in [0, 0.05) is 0 Å². The number of Topliss-reactive ketones (excluding diaryl/α,β-unsaturated/α-hetero) is 1. The normalized spacial score (nSPS) is 10.7. The summed E-state index contributed by atoms with van der Waals surface area (Å²) in [6, 6.07) is 0. The van der Waals surface area contributed by atoms with Crippen LogP contribution in [0.15, 0.2) is 12.2 Å². The van der Waals surface area contributed by atoms with E-state index in [1.165, 1.54) is 77.0 Å². The van der Waals surface area contributed by atoms with Crippen LogP contribution in [0.3, 0.4) is 0 Å². The quantitative estimate of drug-likeness (QED) is 0.196. The molecule has 0 aliphatic heterocycles. The van der Waals surface area contributed by atoms with Gasteiger partial charge in [-0.3, -0.25) is 0 Å². The third kappa shape index (κ3) is 22.7. The molecule has 0 atom stereocenters. The largest absolute Gasteiger partial charge is 1.00 e. The van der Waals surface area contributed by atoms with E-state index < -0.39 is 0 Å². The first-order chi connectivity index (χ1) is 9.77. The Balaban J connectivity index is 0. The SMILES string of the molecule is [CH2-]C(=O)CCCCCCC/C=C\CCCCCCCC.[Na+]. The molecule has 118 valence electrons. The Bertz CT molecular complexity index is 236. The first-order valence-electron chi connectivity index (χ1n) is 8.77. The van der Waals surface area contributed by atoms with Crippen LogP contribution in [0.2, 0.25) is 0 Å². The van der Waals surface area contributed by atoms with Gasteiger partial charge in [-0.05, 0) is 44.3 Å². The summed E-state index contributed by atoms with van der Waals surface area (Å²) < 4.78 is 0. The van der Waals surface area contributed by atoms with E-state index in [0.29, 0.717) is 6.42 Å². The fourth-order valence-electron chi connectivity index (χ4n) is 2.39. The van der Waals surface area contributed by atoms with Crippen LogP contribution in [0.5, 0.6) is 0 Å². The second-order valence-electron chi connectivity index (χ2n) is 5.87. The second-order valence-corrected chi connectivity index (χ2v) is 5.87. The van der Waals surface area contributed by atoms with Gasteiger partial charge < -0.3 is 11.7 Å². The van der Waals surface area contributed by atoms with E-state index in [4.69, 9.17) is 0 Å². The predicted molar refractivity (Wildman–Crippen MR) is 89.8 cm³/mol. The van der Waals surface area contributed by atoms with E-state index in [9.17, 15) is 4.79 Å². The molecule has 0 bridgehead atoms. The molecule has 0 aliphatic carbocycles. The molecule has 0 unspecified atom stereocenters. The molecule has 0 N–H and O–H groups in total. The van der Waals surface area contributed by atoms with Crippen LogP contribution in [-0.4, -0.2) is 5.78 Å². The number of ketones is 1. The zero-order chi connectivity index (χ0) is 14.9. The molecule has 0 aromatic carbocycles. The van der Waals surface area contributed by atoms with E-state index in [0.717, 1.165) is 6.42 Å². The number of rotatable bonds is 15. The topological polar surface area (TPSA) is 17.1 Å². The molecule has 0 saturated carbocycles. The summed E-state index contributed by atoms with van der Waals surface area (Å²) in [5, 5.41) is 0. The molecule has 0 aliphatic rings. The van der Waals surface area contributed by atoms with Gasteiger partial charge >= 0.3 is 29.6 Å². The minimum atomic E-state index is 0. The Morgan fingerprint density at radius 2 is 1.19 bits per heavy atom. The van der Waals surface area contributed by atoms with Crippen molar-refractivity contribution in [3.63, 3.8) is 0 Å². The molecule has 0 fully saturated rings. The van der Waals surface area contributed by atoms with E-state index in [1.807, 2.05) is 0 Å². The van der Waals surface area contributed by atoms with Crippen LogP contribution in [0.4, 0.5) is 0 Å². The zero-order valence-corrected chi connectivity index (χ0v) is 16.7. The van der Waals surface area contributed by atoms with Crippen LogP contribution >= 0.6 is 0 Å². The first kappa shape index (κ1) is 23.5. The summed E-state index contributed by atoms with van der Waals surface area (Å²) in [5.41, 5.74) is 0. The molecular formula is C19H35NaO. The Kier molecular flexibility index (Phi) is 22.7. The number of unbranched alkanes of at least 4 members (excludes halogenated alkanes) is 11. The third-order valence-electron chi connectivity index (χ3n) is 3.72. The molecule has 21 heavy (non-hydrogen) atoms. The molecule has 0 heterocycles. The van der Waals surface area contributed by atoms with E-state index >= 15 is 0 Å². The average Bonchev–Trinajstić information content (AvgIpc) is 2.43. The Hall–Kier alpha value is 0.280. The molecule has 2 heteroatoms. The zero-order valence-electron chi connectivity index (χ0n) is 14.7. The van der Waals surface area contributed by atoms with Crippen molar-refractivity contribution >= 4 is 5.78 Å². The summed E-state index contributed by atoms with van der Waals surface area (Å²) in [7, 11) is 0. The first-order valence-corrected chi connectivity index (χ1v) is 8.77. The summed E-state index contributed by atoms with van der Waals surface area (Å²) in [5.74, 6) is 0.0858. The number of allylic oxidation sites excluding steroid dienone is 2. The average molecular weight is 302 g/mol. The van der Waals surface area contributed by atoms with Crippen molar-refractivity contribution in [1.82, 2.24) is 0 Å². The van der Waals surface area contributed by atoms with Gasteiger partial charge in [0.2, 0.25) is 0 Å². The molecule has 0 amide bonds. The van der Waals surface area contributed by atoms with E-state index in [-0.39, 0.29) is 35.3 Å². The predicted octanol–water partition coefficient (Wildman–Crippen LogP) is 3.43. The van der Waals surface area contributed by atoms with Gasteiger partial charge in [0.15, 0.2) is 0 Å².